The predicted octanol–water partition coefficient (Wildman–Crippen LogP) is 3.36. The quantitative estimate of drug-likeness (QED) is 0.775. The lowest BCUT2D eigenvalue weighted by Gasteiger charge is -2.33. The first-order chi connectivity index (χ1) is 10.5. The number of hydrogen-bond donors (Lipinski definition) is 0. The average molecular weight is 341 g/mol. The number of likely N-dealkylation sites (tertiary alicyclic amines) is 1. The molecule has 3 rings (SSSR count). The number of rotatable bonds is 2. The third-order valence-corrected chi connectivity index (χ3v) is 4.92. The predicted molar refractivity (Wildman–Crippen MR) is 87.3 cm³/mol. The summed E-state index contributed by atoms with van der Waals surface area (Å²) in [4.78, 5) is 28.4. The van der Waals surface area contributed by atoms with E-state index in [1.807, 2.05) is 0 Å². The standard InChI is InChI=1S/C16H18Cl2N2O2/c1-10-2-4-19(5-3-10)14-9-15(21)20(16(14)22)13-7-11(17)6-12(18)8-13/h6-8,10,14H,2-5,9H2,1H3/t14-/m0/s1. The number of halogens is 2. The Hall–Kier alpha value is -1.10. The van der Waals surface area contributed by atoms with E-state index in [4.69, 9.17) is 23.2 Å². The molecule has 6 heteroatoms. The van der Waals surface area contributed by atoms with Gasteiger partial charge < -0.3 is 0 Å². The lowest BCUT2D eigenvalue weighted by atomic mass is 9.97. The highest BCUT2D eigenvalue weighted by atomic mass is 35.5. The summed E-state index contributed by atoms with van der Waals surface area (Å²) < 4.78 is 0. The van der Waals surface area contributed by atoms with Crippen LogP contribution in [0.15, 0.2) is 18.2 Å². The van der Waals surface area contributed by atoms with E-state index < -0.39 is 0 Å². The first-order valence-electron chi connectivity index (χ1n) is 7.52. The molecule has 0 bridgehead atoms. The van der Waals surface area contributed by atoms with Crippen molar-refractivity contribution >= 4 is 40.7 Å². The Balaban J connectivity index is 1.82. The molecule has 0 aliphatic carbocycles. The van der Waals surface area contributed by atoms with E-state index >= 15 is 0 Å². The van der Waals surface area contributed by atoms with Crippen molar-refractivity contribution < 1.29 is 9.59 Å². The number of piperidine rings is 1. The summed E-state index contributed by atoms with van der Waals surface area (Å²) in [7, 11) is 0. The molecule has 0 spiro atoms. The van der Waals surface area contributed by atoms with Crippen molar-refractivity contribution in [2.75, 3.05) is 18.0 Å². The normalized spacial score (nSPS) is 24.3. The van der Waals surface area contributed by atoms with E-state index in [2.05, 4.69) is 11.8 Å². The van der Waals surface area contributed by atoms with Crippen LogP contribution in [0.3, 0.4) is 0 Å². The second-order valence-corrected chi connectivity index (χ2v) is 7.01. The summed E-state index contributed by atoms with van der Waals surface area (Å²) >= 11 is 12.0. The van der Waals surface area contributed by atoms with Gasteiger partial charge in [-0.15, -0.1) is 0 Å². The van der Waals surface area contributed by atoms with Crippen molar-refractivity contribution in [3.8, 4) is 0 Å². The van der Waals surface area contributed by atoms with Crippen LogP contribution in [-0.4, -0.2) is 35.8 Å². The zero-order chi connectivity index (χ0) is 15.9. The first kappa shape index (κ1) is 15.8. The monoisotopic (exact) mass is 340 g/mol. The Morgan fingerprint density at radius 3 is 2.23 bits per heavy atom. The Morgan fingerprint density at radius 2 is 1.64 bits per heavy atom. The molecule has 1 aromatic rings. The fourth-order valence-corrected chi connectivity index (χ4v) is 3.70. The maximum atomic E-state index is 12.7. The van der Waals surface area contributed by atoms with E-state index in [0.717, 1.165) is 25.9 Å². The molecule has 0 unspecified atom stereocenters. The van der Waals surface area contributed by atoms with Crippen molar-refractivity contribution in [3.05, 3.63) is 28.2 Å². The molecular weight excluding hydrogens is 323 g/mol. The van der Waals surface area contributed by atoms with Crippen molar-refractivity contribution in [2.45, 2.75) is 32.2 Å². The van der Waals surface area contributed by atoms with Gasteiger partial charge >= 0.3 is 0 Å². The molecule has 0 N–H and O–H groups in total. The maximum Gasteiger partial charge on any atom is 0.251 e. The first-order valence-corrected chi connectivity index (χ1v) is 8.28. The van der Waals surface area contributed by atoms with Crippen LogP contribution in [0.4, 0.5) is 5.69 Å². The fraction of sp³-hybridized carbons (Fsp3) is 0.500. The Morgan fingerprint density at radius 1 is 1.05 bits per heavy atom. The number of carbonyl (C=O) groups is 2. The largest absolute Gasteiger partial charge is 0.292 e. The highest BCUT2D eigenvalue weighted by Crippen LogP contribution is 2.31. The van der Waals surface area contributed by atoms with Crippen LogP contribution in [0.5, 0.6) is 0 Å². The number of anilines is 1. The zero-order valence-corrected chi connectivity index (χ0v) is 13.9. The molecule has 0 radical (unpaired) electrons. The van der Waals surface area contributed by atoms with Gasteiger partial charge in [0.15, 0.2) is 0 Å². The highest BCUT2D eigenvalue weighted by Gasteiger charge is 2.43. The van der Waals surface area contributed by atoms with Gasteiger partial charge in [0.25, 0.3) is 5.91 Å². The van der Waals surface area contributed by atoms with E-state index in [0.29, 0.717) is 21.7 Å². The smallest absolute Gasteiger partial charge is 0.251 e. The van der Waals surface area contributed by atoms with E-state index in [-0.39, 0.29) is 24.3 Å². The molecular formula is C16H18Cl2N2O2. The van der Waals surface area contributed by atoms with Crippen LogP contribution in [-0.2, 0) is 9.59 Å². The molecule has 2 fully saturated rings. The topological polar surface area (TPSA) is 40.6 Å². The van der Waals surface area contributed by atoms with E-state index in [9.17, 15) is 9.59 Å². The van der Waals surface area contributed by atoms with Crippen molar-refractivity contribution in [3.63, 3.8) is 0 Å². The number of benzene rings is 1. The lowest BCUT2D eigenvalue weighted by molar-refractivity contribution is -0.123. The minimum Gasteiger partial charge on any atom is -0.292 e. The molecule has 0 saturated carbocycles. The van der Waals surface area contributed by atoms with E-state index in [1.54, 1.807) is 18.2 Å². The fourth-order valence-electron chi connectivity index (χ4n) is 3.18. The molecule has 2 heterocycles. The van der Waals surface area contributed by atoms with Crippen LogP contribution >= 0.6 is 23.2 Å². The SMILES string of the molecule is CC1CCN([C@H]2CC(=O)N(c3cc(Cl)cc(Cl)c3)C2=O)CC1. The van der Waals surface area contributed by atoms with Crippen molar-refractivity contribution in [2.24, 2.45) is 5.92 Å². The highest BCUT2D eigenvalue weighted by molar-refractivity contribution is 6.35. The van der Waals surface area contributed by atoms with Gasteiger partial charge in [0, 0.05) is 10.0 Å². The molecule has 2 aliphatic rings. The molecule has 2 aliphatic heterocycles. The zero-order valence-electron chi connectivity index (χ0n) is 12.4. The Kier molecular flexibility index (Phi) is 4.44. The summed E-state index contributed by atoms with van der Waals surface area (Å²) in [5.74, 6) is 0.330. The summed E-state index contributed by atoms with van der Waals surface area (Å²) in [5, 5.41) is 0.830. The van der Waals surface area contributed by atoms with Crippen LogP contribution in [0, 0.1) is 5.92 Å². The number of imide groups is 1. The molecule has 2 amide bonds. The van der Waals surface area contributed by atoms with Crippen LogP contribution in [0.25, 0.3) is 0 Å². The average Bonchev–Trinajstić information content (AvgIpc) is 2.74. The Labute approximate surface area is 140 Å². The maximum absolute atomic E-state index is 12.7. The molecule has 2 saturated heterocycles. The van der Waals surface area contributed by atoms with Gasteiger partial charge in [0.2, 0.25) is 5.91 Å². The number of nitrogens with zero attached hydrogens (tertiary/aromatic N) is 2. The summed E-state index contributed by atoms with van der Waals surface area (Å²) in [5.41, 5.74) is 0.459. The summed E-state index contributed by atoms with van der Waals surface area (Å²) in [6.45, 7) is 3.96. The molecule has 1 aromatic carbocycles. The van der Waals surface area contributed by atoms with Crippen molar-refractivity contribution in [1.29, 1.82) is 0 Å². The van der Waals surface area contributed by atoms with Gasteiger partial charge in [-0.2, -0.15) is 0 Å². The van der Waals surface area contributed by atoms with E-state index in [1.165, 1.54) is 4.90 Å². The molecule has 4 nitrogen and oxygen atoms in total. The van der Waals surface area contributed by atoms with Gasteiger partial charge in [-0.25, -0.2) is 4.90 Å². The molecule has 118 valence electrons. The van der Waals surface area contributed by atoms with Crippen LogP contribution in [0.1, 0.15) is 26.2 Å². The van der Waals surface area contributed by atoms with Gasteiger partial charge in [0.05, 0.1) is 18.2 Å². The Bertz CT molecular complexity index is 592. The summed E-state index contributed by atoms with van der Waals surface area (Å²) in [6, 6.07) is 4.44. The number of carbonyl (C=O) groups excluding carboxylic acids is 2. The number of amides is 2. The molecule has 22 heavy (non-hydrogen) atoms. The minimum atomic E-state index is -0.349. The van der Waals surface area contributed by atoms with Gasteiger partial charge in [-0.05, 0) is 50.0 Å². The second kappa shape index (κ2) is 6.19. The van der Waals surface area contributed by atoms with Crippen molar-refractivity contribution in [1.82, 2.24) is 4.90 Å². The van der Waals surface area contributed by atoms with Crippen LogP contribution < -0.4 is 4.90 Å². The second-order valence-electron chi connectivity index (χ2n) is 6.13. The molecule has 0 aromatic heterocycles. The van der Waals surface area contributed by atoms with Gasteiger partial charge in [-0.1, -0.05) is 30.1 Å². The van der Waals surface area contributed by atoms with Gasteiger partial charge in [-0.3, -0.25) is 14.5 Å². The number of hydrogen-bond acceptors (Lipinski definition) is 3. The third-order valence-electron chi connectivity index (χ3n) is 4.49. The van der Waals surface area contributed by atoms with Gasteiger partial charge in [0.1, 0.15) is 0 Å². The minimum absolute atomic E-state index is 0.169. The lowest BCUT2D eigenvalue weighted by Crippen LogP contribution is -2.45. The molecule has 1 atom stereocenters. The summed E-state index contributed by atoms with van der Waals surface area (Å²) in [6.07, 6.45) is 2.37. The van der Waals surface area contributed by atoms with Crippen LogP contribution in [0.2, 0.25) is 10.0 Å². The third kappa shape index (κ3) is 3.00.